The SMILES string of the molecule is CCCNC(=O)CNCc1sccc1N. The lowest BCUT2D eigenvalue weighted by Gasteiger charge is -2.04. The number of rotatable bonds is 6. The molecule has 1 aromatic heterocycles. The second-order valence-electron chi connectivity index (χ2n) is 3.25. The van der Waals surface area contributed by atoms with Crippen LogP contribution in [-0.2, 0) is 11.3 Å². The van der Waals surface area contributed by atoms with Crippen LogP contribution in [0.5, 0.6) is 0 Å². The van der Waals surface area contributed by atoms with Crippen molar-refractivity contribution in [2.24, 2.45) is 0 Å². The van der Waals surface area contributed by atoms with E-state index >= 15 is 0 Å². The summed E-state index contributed by atoms with van der Waals surface area (Å²) in [5.41, 5.74) is 6.50. The van der Waals surface area contributed by atoms with Gasteiger partial charge in [-0.3, -0.25) is 4.79 Å². The van der Waals surface area contributed by atoms with Gasteiger partial charge in [0, 0.05) is 23.7 Å². The van der Waals surface area contributed by atoms with Crippen molar-refractivity contribution in [1.82, 2.24) is 10.6 Å². The third-order valence-electron chi connectivity index (χ3n) is 1.92. The van der Waals surface area contributed by atoms with Crippen LogP contribution in [0, 0.1) is 0 Å². The first-order valence-corrected chi connectivity index (χ1v) is 5.91. The summed E-state index contributed by atoms with van der Waals surface area (Å²) in [5.74, 6) is 0.0342. The Hall–Kier alpha value is -1.07. The molecule has 84 valence electrons. The molecule has 4 N–H and O–H groups in total. The molecule has 0 aliphatic heterocycles. The Morgan fingerprint density at radius 3 is 3.00 bits per heavy atom. The van der Waals surface area contributed by atoms with Crippen LogP contribution in [0.2, 0.25) is 0 Å². The molecule has 0 spiro atoms. The van der Waals surface area contributed by atoms with Crippen molar-refractivity contribution >= 4 is 22.9 Å². The number of nitrogen functional groups attached to an aromatic ring is 1. The molecule has 0 aliphatic rings. The van der Waals surface area contributed by atoms with Crippen molar-refractivity contribution in [1.29, 1.82) is 0 Å². The van der Waals surface area contributed by atoms with Gasteiger partial charge in [-0.15, -0.1) is 11.3 Å². The van der Waals surface area contributed by atoms with Crippen molar-refractivity contribution in [2.45, 2.75) is 19.9 Å². The van der Waals surface area contributed by atoms with E-state index in [1.807, 2.05) is 18.4 Å². The van der Waals surface area contributed by atoms with E-state index in [-0.39, 0.29) is 5.91 Å². The minimum Gasteiger partial charge on any atom is -0.398 e. The average Bonchev–Trinajstić information content (AvgIpc) is 2.61. The Bertz CT molecular complexity index is 311. The number of hydrogen-bond donors (Lipinski definition) is 3. The Kier molecular flexibility index (Phi) is 5.14. The van der Waals surface area contributed by atoms with Gasteiger partial charge < -0.3 is 16.4 Å². The largest absolute Gasteiger partial charge is 0.398 e. The van der Waals surface area contributed by atoms with Gasteiger partial charge in [0.05, 0.1) is 6.54 Å². The van der Waals surface area contributed by atoms with E-state index < -0.39 is 0 Å². The fraction of sp³-hybridized carbons (Fsp3) is 0.500. The van der Waals surface area contributed by atoms with Gasteiger partial charge in [-0.2, -0.15) is 0 Å². The molecule has 1 amide bonds. The summed E-state index contributed by atoms with van der Waals surface area (Å²) in [4.78, 5) is 12.3. The van der Waals surface area contributed by atoms with Gasteiger partial charge >= 0.3 is 0 Å². The second-order valence-corrected chi connectivity index (χ2v) is 4.25. The van der Waals surface area contributed by atoms with Crippen LogP contribution in [0.25, 0.3) is 0 Å². The number of hydrogen-bond acceptors (Lipinski definition) is 4. The third kappa shape index (κ3) is 4.31. The van der Waals surface area contributed by atoms with Crippen molar-refractivity contribution in [2.75, 3.05) is 18.8 Å². The van der Waals surface area contributed by atoms with Gasteiger partial charge in [-0.05, 0) is 17.9 Å². The molecule has 0 aromatic carbocycles. The monoisotopic (exact) mass is 227 g/mol. The van der Waals surface area contributed by atoms with Crippen molar-refractivity contribution in [3.05, 3.63) is 16.3 Å². The van der Waals surface area contributed by atoms with Crippen LogP contribution in [0.3, 0.4) is 0 Å². The van der Waals surface area contributed by atoms with Crippen LogP contribution in [0.4, 0.5) is 5.69 Å². The van der Waals surface area contributed by atoms with Gasteiger partial charge in [0.25, 0.3) is 0 Å². The topological polar surface area (TPSA) is 67.2 Å². The van der Waals surface area contributed by atoms with E-state index in [2.05, 4.69) is 10.6 Å². The summed E-state index contributed by atoms with van der Waals surface area (Å²) >= 11 is 1.60. The molecule has 1 aromatic rings. The lowest BCUT2D eigenvalue weighted by molar-refractivity contribution is -0.120. The summed E-state index contributed by atoms with van der Waals surface area (Å²) in [5, 5.41) is 7.80. The molecule has 1 heterocycles. The van der Waals surface area contributed by atoms with Crippen LogP contribution in [-0.4, -0.2) is 19.0 Å². The van der Waals surface area contributed by atoms with Crippen LogP contribution >= 0.6 is 11.3 Å². The third-order valence-corrected chi connectivity index (χ3v) is 2.86. The molecule has 0 bridgehead atoms. The zero-order valence-electron chi connectivity index (χ0n) is 8.88. The highest BCUT2D eigenvalue weighted by Gasteiger charge is 2.02. The van der Waals surface area contributed by atoms with Gasteiger partial charge in [-0.25, -0.2) is 0 Å². The Morgan fingerprint density at radius 2 is 2.40 bits per heavy atom. The first kappa shape index (κ1) is 12.0. The summed E-state index contributed by atoms with van der Waals surface area (Å²) in [6, 6.07) is 1.87. The minimum absolute atomic E-state index is 0.0342. The van der Waals surface area contributed by atoms with E-state index in [9.17, 15) is 4.79 Å². The highest BCUT2D eigenvalue weighted by Crippen LogP contribution is 2.17. The molecule has 0 fully saturated rings. The number of amides is 1. The number of thiophene rings is 1. The Labute approximate surface area is 93.9 Å². The average molecular weight is 227 g/mol. The second kappa shape index (κ2) is 6.42. The summed E-state index contributed by atoms with van der Waals surface area (Å²) < 4.78 is 0. The quantitative estimate of drug-likeness (QED) is 0.677. The fourth-order valence-electron chi connectivity index (χ4n) is 1.11. The zero-order chi connectivity index (χ0) is 11.1. The highest BCUT2D eigenvalue weighted by atomic mass is 32.1. The smallest absolute Gasteiger partial charge is 0.233 e. The molecule has 4 nitrogen and oxygen atoms in total. The Morgan fingerprint density at radius 1 is 1.60 bits per heavy atom. The first-order valence-electron chi connectivity index (χ1n) is 5.03. The van der Waals surface area contributed by atoms with Gasteiger partial charge in [0.15, 0.2) is 0 Å². The van der Waals surface area contributed by atoms with E-state index in [0.717, 1.165) is 23.5 Å². The van der Waals surface area contributed by atoms with Crippen molar-refractivity contribution in [3.8, 4) is 0 Å². The molecule has 5 heteroatoms. The number of nitrogens with one attached hydrogen (secondary N) is 2. The van der Waals surface area contributed by atoms with E-state index in [1.165, 1.54) is 0 Å². The summed E-state index contributed by atoms with van der Waals surface area (Å²) in [6.45, 7) is 3.77. The van der Waals surface area contributed by atoms with Gasteiger partial charge in [-0.1, -0.05) is 6.92 Å². The van der Waals surface area contributed by atoms with E-state index in [0.29, 0.717) is 13.1 Å². The number of nitrogens with two attached hydrogens (primary N) is 1. The molecular formula is C10H17N3OS. The molecule has 0 radical (unpaired) electrons. The molecule has 0 saturated carbocycles. The van der Waals surface area contributed by atoms with Gasteiger partial charge in [0.2, 0.25) is 5.91 Å². The molecular weight excluding hydrogens is 210 g/mol. The number of carbonyl (C=O) groups is 1. The maximum absolute atomic E-state index is 11.2. The first-order chi connectivity index (χ1) is 7.24. The van der Waals surface area contributed by atoms with Crippen molar-refractivity contribution in [3.63, 3.8) is 0 Å². The minimum atomic E-state index is 0.0342. The van der Waals surface area contributed by atoms with E-state index in [4.69, 9.17) is 5.73 Å². The fourth-order valence-corrected chi connectivity index (χ4v) is 1.88. The molecule has 0 saturated heterocycles. The van der Waals surface area contributed by atoms with E-state index in [1.54, 1.807) is 11.3 Å². The number of anilines is 1. The van der Waals surface area contributed by atoms with Gasteiger partial charge in [0.1, 0.15) is 0 Å². The van der Waals surface area contributed by atoms with Crippen LogP contribution < -0.4 is 16.4 Å². The molecule has 0 atom stereocenters. The lowest BCUT2D eigenvalue weighted by atomic mass is 10.4. The summed E-state index contributed by atoms with van der Waals surface area (Å²) in [7, 11) is 0. The summed E-state index contributed by atoms with van der Waals surface area (Å²) in [6.07, 6.45) is 0.962. The lowest BCUT2D eigenvalue weighted by Crippen LogP contribution is -2.33. The molecule has 1 rings (SSSR count). The number of carbonyl (C=O) groups excluding carboxylic acids is 1. The molecule has 0 aliphatic carbocycles. The highest BCUT2D eigenvalue weighted by molar-refractivity contribution is 7.10. The standard InChI is InChI=1S/C10H17N3OS/c1-2-4-13-10(14)7-12-6-9-8(11)3-5-15-9/h3,5,12H,2,4,6-7,11H2,1H3,(H,13,14). The normalized spacial score (nSPS) is 10.2. The maximum atomic E-state index is 11.2. The van der Waals surface area contributed by atoms with Crippen molar-refractivity contribution < 1.29 is 4.79 Å². The van der Waals surface area contributed by atoms with Crippen LogP contribution in [0.1, 0.15) is 18.2 Å². The predicted octanol–water partition coefficient (Wildman–Crippen LogP) is 0.946. The molecule has 15 heavy (non-hydrogen) atoms. The maximum Gasteiger partial charge on any atom is 0.233 e. The van der Waals surface area contributed by atoms with Crippen LogP contribution in [0.15, 0.2) is 11.4 Å². The Balaban J connectivity index is 2.16. The predicted molar refractivity (Wildman–Crippen MR) is 63.7 cm³/mol. The molecule has 0 unspecified atom stereocenters. The zero-order valence-corrected chi connectivity index (χ0v) is 9.69.